The van der Waals surface area contributed by atoms with E-state index in [1.54, 1.807) is 23.6 Å². The highest BCUT2D eigenvalue weighted by Gasteiger charge is 2.20. The van der Waals surface area contributed by atoms with Crippen molar-refractivity contribution in [3.8, 4) is 0 Å². The van der Waals surface area contributed by atoms with Gasteiger partial charge in [-0.3, -0.25) is 9.69 Å². The van der Waals surface area contributed by atoms with Crippen molar-refractivity contribution in [2.24, 2.45) is 0 Å². The van der Waals surface area contributed by atoms with Crippen molar-refractivity contribution in [3.05, 3.63) is 74.7 Å². The number of amides is 1. The predicted molar refractivity (Wildman–Crippen MR) is 112 cm³/mol. The Morgan fingerprint density at radius 1 is 1.14 bits per heavy atom. The summed E-state index contributed by atoms with van der Waals surface area (Å²) in [4.78, 5) is 30.4. The van der Waals surface area contributed by atoms with Crippen LogP contribution >= 0.6 is 34.5 Å². The number of ether oxygens (including phenoxy) is 1. The van der Waals surface area contributed by atoms with Gasteiger partial charge in [0.25, 0.3) is 0 Å². The van der Waals surface area contributed by atoms with Gasteiger partial charge in [-0.2, -0.15) is 0 Å². The first kappa shape index (κ1) is 20.3. The quantitative estimate of drug-likeness (QED) is 0.476. The number of esters is 1. The summed E-state index contributed by atoms with van der Waals surface area (Å²) in [6.45, 7) is 3.37. The molecule has 1 amide bonds. The van der Waals surface area contributed by atoms with Crippen molar-refractivity contribution in [2.45, 2.75) is 20.5 Å². The molecule has 1 heterocycles. The van der Waals surface area contributed by atoms with Crippen LogP contribution in [0.15, 0.2) is 47.8 Å². The smallest absolute Gasteiger partial charge is 0.341 e. The summed E-state index contributed by atoms with van der Waals surface area (Å²) in [5.74, 6) is -0.793. The maximum Gasteiger partial charge on any atom is 0.341 e. The summed E-state index contributed by atoms with van der Waals surface area (Å²) in [6.07, 6.45) is 0. The van der Waals surface area contributed by atoms with Crippen LogP contribution in [0.5, 0.6) is 0 Å². The molecular weight excluding hydrogens is 419 g/mol. The molecule has 0 aliphatic rings. The number of benzene rings is 2. The van der Waals surface area contributed by atoms with Crippen molar-refractivity contribution in [1.82, 2.24) is 4.98 Å². The van der Waals surface area contributed by atoms with E-state index in [9.17, 15) is 9.59 Å². The molecule has 0 atom stereocenters. The fourth-order valence-corrected chi connectivity index (χ4v) is 3.99. The van der Waals surface area contributed by atoms with Crippen LogP contribution in [0.2, 0.25) is 10.0 Å². The maximum absolute atomic E-state index is 12.3. The molecule has 0 unspecified atom stereocenters. The lowest BCUT2D eigenvalue weighted by Gasteiger charge is -2.18. The van der Waals surface area contributed by atoms with Crippen LogP contribution in [-0.2, 0) is 16.1 Å². The van der Waals surface area contributed by atoms with E-state index in [4.69, 9.17) is 27.9 Å². The monoisotopic (exact) mass is 434 g/mol. The van der Waals surface area contributed by atoms with Crippen molar-refractivity contribution >= 4 is 57.2 Å². The molecule has 1 aromatic heterocycles. The lowest BCUT2D eigenvalue weighted by atomic mass is 10.2. The minimum absolute atomic E-state index is 0.0591. The van der Waals surface area contributed by atoms with Gasteiger partial charge in [-0.15, -0.1) is 11.3 Å². The Balaban J connectivity index is 1.76. The van der Waals surface area contributed by atoms with Crippen LogP contribution in [0.25, 0.3) is 0 Å². The van der Waals surface area contributed by atoms with Gasteiger partial charge in [0.05, 0.1) is 27.0 Å². The zero-order valence-corrected chi connectivity index (χ0v) is 17.4. The number of aryl methyl sites for hydroxylation is 1. The number of hydrogen-bond donors (Lipinski definition) is 0. The lowest BCUT2D eigenvalue weighted by Crippen LogP contribution is -2.22. The van der Waals surface area contributed by atoms with E-state index >= 15 is 0 Å². The lowest BCUT2D eigenvalue weighted by molar-refractivity contribution is -0.115. The van der Waals surface area contributed by atoms with Crippen molar-refractivity contribution in [1.29, 1.82) is 0 Å². The molecule has 8 heteroatoms. The zero-order chi connectivity index (χ0) is 20.3. The molecule has 0 saturated heterocycles. The number of hydrogen-bond acceptors (Lipinski definition) is 5. The predicted octanol–water partition coefficient (Wildman–Crippen LogP) is 5.80. The highest BCUT2D eigenvalue weighted by molar-refractivity contribution is 7.14. The van der Waals surface area contributed by atoms with Crippen LogP contribution in [0, 0.1) is 6.92 Å². The van der Waals surface area contributed by atoms with E-state index < -0.39 is 5.97 Å². The SMILES string of the molecule is CC(=O)N(c1cccc(C)c1)c1nc(COC(=O)c2c(Cl)cccc2Cl)cs1. The van der Waals surface area contributed by atoms with Gasteiger partial charge in [-0.05, 0) is 36.8 Å². The van der Waals surface area contributed by atoms with Gasteiger partial charge < -0.3 is 4.74 Å². The van der Waals surface area contributed by atoms with E-state index in [1.807, 2.05) is 31.2 Å². The molecule has 0 bridgehead atoms. The number of carbonyl (C=O) groups is 2. The largest absolute Gasteiger partial charge is 0.455 e. The Hall–Kier alpha value is -2.41. The molecule has 28 heavy (non-hydrogen) atoms. The fraction of sp³-hybridized carbons (Fsp3) is 0.150. The summed E-state index contributed by atoms with van der Waals surface area (Å²) in [6, 6.07) is 12.4. The van der Waals surface area contributed by atoms with Crippen LogP contribution in [0.1, 0.15) is 28.5 Å². The Bertz CT molecular complexity index is 1020. The zero-order valence-electron chi connectivity index (χ0n) is 15.1. The van der Waals surface area contributed by atoms with Crippen molar-refractivity contribution in [3.63, 3.8) is 0 Å². The number of nitrogens with zero attached hydrogens (tertiary/aromatic N) is 2. The fourth-order valence-electron chi connectivity index (χ4n) is 2.56. The van der Waals surface area contributed by atoms with Gasteiger partial charge in [0.1, 0.15) is 6.61 Å². The Kier molecular flexibility index (Phi) is 6.34. The van der Waals surface area contributed by atoms with E-state index in [0.29, 0.717) is 10.8 Å². The summed E-state index contributed by atoms with van der Waals surface area (Å²) in [5.41, 5.74) is 2.40. The molecule has 0 N–H and O–H groups in total. The van der Waals surface area contributed by atoms with E-state index in [2.05, 4.69) is 4.98 Å². The molecule has 0 aliphatic carbocycles. The van der Waals surface area contributed by atoms with Crippen molar-refractivity contribution < 1.29 is 14.3 Å². The summed E-state index contributed by atoms with van der Waals surface area (Å²) in [7, 11) is 0. The average Bonchev–Trinajstić information content (AvgIpc) is 3.08. The maximum atomic E-state index is 12.3. The molecule has 0 aliphatic heterocycles. The highest BCUT2D eigenvalue weighted by Crippen LogP contribution is 2.30. The molecule has 0 fully saturated rings. The van der Waals surface area contributed by atoms with Crippen molar-refractivity contribution in [2.75, 3.05) is 4.90 Å². The molecule has 0 spiro atoms. The van der Waals surface area contributed by atoms with Crippen LogP contribution in [0.4, 0.5) is 10.8 Å². The number of halogens is 2. The van der Waals surface area contributed by atoms with Crippen LogP contribution < -0.4 is 4.90 Å². The summed E-state index contributed by atoms with van der Waals surface area (Å²) in [5, 5.41) is 2.68. The minimum Gasteiger partial charge on any atom is -0.455 e. The number of thiazole rings is 1. The van der Waals surface area contributed by atoms with Gasteiger partial charge >= 0.3 is 5.97 Å². The number of aromatic nitrogens is 1. The first-order valence-corrected chi connectivity index (χ1v) is 9.93. The third-order valence-corrected chi connectivity index (χ3v) is 5.33. The summed E-state index contributed by atoms with van der Waals surface area (Å²) < 4.78 is 5.29. The minimum atomic E-state index is -0.632. The molecular formula is C20H16Cl2N2O3S. The van der Waals surface area contributed by atoms with Crippen LogP contribution in [-0.4, -0.2) is 16.9 Å². The second kappa shape index (κ2) is 8.73. The number of rotatable bonds is 5. The number of anilines is 2. The molecule has 5 nitrogen and oxygen atoms in total. The molecule has 2 aromatic carbocycles. The van der Waals surface area contributed by atoms with Crippen LogP contribution in [0.3, 0.4) is 0 Å². The summed E-state index contributed by atoms with van der Waals surface area (Å²) >= 11 is 13.3. The molecule has 0 radical (unpaired) electrons. The first-order chi connectivity index (χ1) is 13.4. The van der Waals surface area contributed by atoms with E-state index in [0.717, 1.165) is 11.3 Å². The standard InChI is InChI=1S/C20H16Cl2N2O3S/c1-12-5-3-6-15(9-12)24(13(2)25)20-23-14(11-28-20)10-27-19(26)18-16(21)7-4-8-17(18)22/h3-9,11H,10H2,1-2H3. The van der Waals surface area contributed by atoms with Gasteiger partial charge in [0, 0.05) is 12.3 Å². The van der Waals surface area contributed by atoms with Gasteiger partial charge in [0.2, 0.25) is 5.91 Å². The topological polar surface area (TPSA) is 59.5 Å². The third-order valence-electron chi connectivity index (χ3n) is 3.82. The molecule has 3 rings (SSSR count). The molecule has 0 saturated carbocycles. The number of carbonyl (C=O) groups excluding carboxylic acids is 2. The Morgan fingerprint density at radius 3 is 2.46 bits per heavy atom. The van der Waals surface area contributed by atoms with E-state index in [-0.39, 0.29) is 28.1 Å². The highest BCUT2D eigenvalue weighted by atomic mass is 35.5. The average molecular weight is 435 g/mol. The van der Waals surface area contributed by atoms with Gasteiger partial charge in [-0.1, -0.05) is 41.4 Å². The molecule has 144 valence electrons. The Morgan fingerprint density at radius 2 is 1.82 bits per heavy atom. The van der Waals surface area contributed by atoms with E-state index in [1.165, 1.54) is 23.2 Å². The second-order valence-corrected chi connectivity index (χ2v) is 7.64. The molecule has 3 aromatic rings. The van der Waals surface area contributed by atoms with Gasteiger partial charge in [-0.25, -0.2) is 9.78 Å². The Labute approximate surface area is 176 Å². The third kappa shape index (κ3) is 4.52. The normalized spacial score (nSPS) is 10.6. The first-order valence-electron chi connectivity index (χ1n) is 8.29. The second-order valence-electron chi connectivity index (χ2n) is 5.99. The van der Waals surface area contributed by atoms with Gasteiger partial charge in [0.15, 0.2) is 5.13 Å².